The highest BCUT2D eigenvalue weighted by atomic mass is 15.2. The van der Waals surface area contributed by atoms with Gasteiger partial charge in [0.05, 0.1) is 111 Å². The Labute approximate surface area is 526 Å². The summed E-state index contributed by atoms with van der Waals surface area (Å²) in [6.07, 6.45) is 1.75. The zero-order chi connectivity index (χ0) is 60.3. The van der Waals surface area contributed by atoms with Gasteiger partial charge in [-0.3, -0.25) is 4.98 Å². The summed E-state index contributed by atoms with van der Waals surface area (Å²) >= 11 is 0. The molecule has 0 bridgehead atoms. The number of para-hydroxylation sites is 11. The Hall–Kier alpha value is -12.7. The van der Waals surface area contributed by atoms with Crippen molar-refractivity contribution in [3.63, 3.8) is 0 Å². The lowest BCUT2D eigenvalue weighted by molar-refractivity contribution is 0.999. The third kappa shape index (κ3) is 6.74. The highest BCUT2D eigenvalue weighted by molar-refractivity contribution is 6.27. The lowest BCUT2D eigenvalue weighted by atomic mass is 9.97. The van der Waals surface area contributed by atoms with Gasteiger partial charge in [0.1, 0.15) is 6.07 Å². The third-order valence-electron chi connectivity index (χ3n) is 19.4. The number of aromatic nitrogens is 7. The predicted molar refractivity (Wildman–Crippen MR) is 380 cm³/mol. The summed E-state index contributed by atoms with van der Waals surface area (Å²) in [4.78, 5) is 5.58. The molecule has 426 valence electrons. The van der Waals surface area contributed by atoms with E-state index < -0.39 is 0 Å². The maximum atomic E-state index is 10.7. The van der Waals surface area contributed by atoms with Gasteiger partial charge in [0.2, 0.25) is 0 Å². The first-order chi connectivity index (χ1) is 45.7. The van der Waals surface area contributed by atoms with Gasteiger partial charge in [-0.15, -0.1) is 0 Å². The van der Waals surface area contributed by atoms with E-state index in [9.17, 15) is 5.26 Å². The molecule has 8 heteroatoms. The van der Waals surface area contributed by atoms with Crippen LogP contribution >= 0.6 is 0 Å². The lowest BCUT2D eigenvalue weighted by Crippen LogP contribution is -2.18. The van der Waals surface area contributed by atoms with Crippen LogP contribution in [0.15, 0.2) is 303 Å². The largest absolute Gasteiger partial charge is 0.309 e. The number of pyridine rings is 1. The quantitative estimate of drug-likeness (QED) is 0.160. The molecule has 0 fully saturated rings. The van der Waals surface area contributed by atoms with Gasteiger partial charge in [-0.25, -0.2) is 0 Å². The maximum Gasteiger partial charge on any atom is 0.101 e. The highest BCUT2D eigenvalue weighted by Crippen LogP contribution is 2.55. The second kappa shape index (κ2) is 19.2. The zero-order valence-corrected chi connectivity index (χ0v) is 49.4. The van der Waals surface area contributed by atoms with E-state index >= 15 is 0 Å². The molecule has 0 aliphatic rings. The number of rotatable bonds is 7. The molecule has 0 aliphatic heterocycles. The van der Waals surface area contributed by atoms with E-state index in [-0.39, 0.29) is 0 Å². The van der Waals surface area contributed by atoms with Crippen LogP contribution in [0.2, 0.25) is 0 Å². The molecule has 0 spiro atoms. The van der Waals surface area contributed by atoms with Crippen LogP contribution in [0.25, 0.3) is 176 Å². The van der Waals surface area contributed by atoms with Crippen LogP contribution in [0, 0.1) is 11.3 Å². The molecule has 20 rings (SSSR count). The standard InChI is InChI=1S/C84H50N8/c85-50-52-46-48-65(86-51-52)78-80(88-67-37-15-4-26-54(67)55-27-5-16-38-68(55)88)82(90-71-41-19-8-30-58(71)59-31-9-20-42-72(59)90)84(92-75-45-23-13-35-64(75)77-76(92)49-47-63-62-34-12-14-36-66(62)87(79(63)77)53-24-2-1-3-25-53)83(91-73-43-21-10-32-60(73)61-33-11-22-44-74(61)91)81(78)89-69-39-17-6-28-56(69)57-29-7-18-40-70(57)89/h1-49,51H. The molecule has 0 saturated carbocycles. The first-order valence-corrected chi connectivity index (χ1v) is 31.3. The minimum absolute atomic E-state index is 0.469. The average Bonchev–Trinajstić information content (AvgIpc) is 1.45. The molecule has 0 N–H and O–H groups in total. The van der Waals surface area contributed by atoms with Gasteiger partial charge in [-0.2, -0.15) is 5.26 Å². The molecule has 0 saturated heterocycles. The van der Waals surface area contributed by atoms with Crippen molar-refractivity contribution in [1.82, 2.24) is 32.4 Å². The van der Waals surface area contributed by atoms with Crippen LogP contribution in [0.4, 0.5) is 0 Å². The van der Waals surface area contributed by atoms with Gasteiger partial charge in [-0.05, 0) is 91.0 Å². The Balaban J connectivity index is 1.17. The molecule has 0 amide bonds. The van der Waals surface area contributed by atoms with Crippen molar-refractivity contribution in [3.8, 4) is 51.5 Å². The fourth-order valence-corrected chi connectivity index (χ4v) is 15.9. The minimum atomic E-state index is 0.469. The molecule has 0 unspecified atom stereocenters. The van der Waals surface area contributed by atoms with Crippen LogP contribution in [0.1, 0.15) is 5.56 Å². The summed E-state index contributed by atoms with van der Waals surface area (Å²) in [7, 11) is 0. The van der Waals surface area contributed by atoms with E-state index in [1.807, 2.05) is 6.07 Å². The molecular formula is C84H50N8. The number of fused-ring (bicyclic) bond motifs is 19. The van der Waals surface area contributed by atoms with Crippen molar-refractivity contribution in [3.05, 3.63) is 309 Å². The zero-order valence-electron chi connectivity index (χ0n) is 49.4. The van der Waals surface area contributed by atoms with Crippen molar-refractivity contribution >= 4 is 131 Å². The number of hydrogen-bond acceptors (Lipinski definition) is 2. The van der Waals surface area contributed by atoms with E-state index in [1.165, 1.54) is 10.8 Å². The number of nitriles is 1. The minimum Gasteiger partial charge on any atom is -0.309 e. The SMILES string of the molecule is N#Cc1ccc(-c2c(-n3c4ccccc4c4ccccc43)c(-n3c4ccccc4c4ccccc43)c(-n3c4ccccc4c4c3ccc3c5ccccc5n(-c5ccccc5)c34)c(-n3c4ccccc4c4ccccc43)c2-n2c3ccccc3c3ccccc32)nc1. The van der Waals surface area contributed by atoms with E-state index in [0.29, 0.717) is 11.3 Å². The first-order valence-electron chi connectivity index (χ1n) is 31.3. The predicted octanol–water partition coefficient (Wildman–Crippen LogP) is 21.2. The van der Waals surface area contributed by atoms with E-state index in [1.54, 1.807) is 6.20 Å². The monoisotopic (exact) mass is 1170 g/mol. The van der Waals surface area contributed by atoms with E-state index in [4.69, 9.17) is 4.98 Å². The Morgan fingerprint density at radius 1 is 0.239 bits per heavy atom. The van der Waals surface area contributed by atoms with Crippen molar-refractivity contribution in [1.29, 1.82) is 5.26 Å². The number of nitrogens with zero attached hydrogens (tertiary/aromatic N) is 8. The lowest BCUT2D eigenvalue weighted by Gasteiger charge is -2.31. The summed E-state index contributed by atoms with van der Waals surface area (Å²) in [5, 5.41) is 24.3. The number of benzene rings is 13. The van der Waals surface area contributed by atoms with Gasteiger partial charge < -0.3 is 27.4 Å². The molecule has 92 heavy (non-hydrogen) atoms. The fourth-order valence-electron chi connectivity index (χ4n) is 15.9. The van der Waals surface area contributed by atoms with E-state index in [2.05, 4.69) is 325 Å². The highest BCUT2D eigenvalue weighted by Gasteiger charge is 2.37. The Bertz CT molecular complexity index is 6110. The second-order valence-electron chi connectivity index (χ2n) is 24.0. The van der Waals surface area contributed by atoms with Crippen molar-refractivity contribution in [2.75, 3.05) is 0 Å². The molecule has 0 atom stereocenters. The molecule has 13 aromatic carbocycles. The van der Waals surface area contributed by atoms with Crippen LogP contribution in [-0.4, -0.2) is 32.4 Å². The summed E-state index contributed by atoms with van der Waals surface area (Å²) in [6, 6.07) is 111. The molecule has 8 nitrogen and oxygen atoms in total. The Morgan fingerprint density at radius 2 is 0.533 bits per heavy atom. The van der Waals surface area contributed by atoms with Gasteiger partial charge in [0.15, 0.2) is 0 Å². The summed E-state index contributed by atoms with van der Waals surface area (Å²) in [6.45, 7) is 0. The van der Waals surface area contributed by atoms with E-state index in [0.717, 1.165) is 160 Å². The smallest absolute Gasteiger partial charge is 0.101 e. The first kappa shape index (κ1) is 50.3. The second-order valence-corrected chi connectivity index (χ2v) is 24.0. The molecule has 7 heterocycles. The van der Waals surface area contributed by atoms with Gasteiger partial charge >= 0.3 is 0 Å². The summed E-state index contributed by atoms with van der Waals surface area (Å²) in [5.41, 5.74) is 20.4. The maximum absolute atomic E-state index is 10.7. The summed E-state index contributed by atoms with van der Waals surface area (Å²) < 4.78 is 15.3. The summed E-state index contributed by atoms with van der Waals surface area (Å²) in [5.74, 6) is 0. The topological polar surface area (TPSA) is 66.3 Å². The number of hydrogen-bond donors (Lipinski definition) is 0. The van der Waals surface area contributed by atoms with Gasteiger partial charge in [-0.1, -0.05) is 206 Å². The third-order valence-corrected chi connectivity index (χ3v) is 19.4. The van der Waals surface area contributed by atoms with Gasteiger partial charge in [0.25, 0.3) is 0 Å². The fraction of sp³-hybridized carbons (Fsp3) is 0. The van der Waals surface area contributed by atoms with Crippen LogP contribution in [0.3, 0.4) is 0 Å². The Kier molecular flexibility index (Phi) is 10.5. The Morgan fingerprint density at radius 3 is 0.891 bits per heavy atom. The van der Waals surface area contributed by atoms with Crippen LogP contribution in [-0.2, 0) is 0 Å². The molecule has 0 radical (unpaired) electrons. The van der Waals surface area contributed by atoms with Crippen LogP contribution < -0.4 is 0 Å². The molecule has 20 aromatic rings. The van der Waals surface area contributed by atoms with Crippen LogP contribution in [0.5, 0.6) is 0 Å². The van der Waals surface area contributed by atoms with Crippen molar-refractivity contribution in [2.24, 2.45) is 0 Å². The average molecular weight is 1170 g/mol. The molecule has 0 aliphatic carbocycles. The molecular weight excluding hydrogens is 1120 g/mol. The van der Waals surface area contributed by atoms with Gasteiger partial charge in [0, 0.05) is 76.5 Å². The normalized spacial score (nSPS) is 12.1. The molecule has 7 aromatic heterocycles. The van der Waals surface area contributed by atoms with Crippen molar-refractivity contribution in [2.45, 2.75) is 0 Å². The van der Waals surface area contributed by atoms with Crippen molar-refractivity contribution < 1.29 is 0 Å².